The number of fused-ring (bicyclic) bond motifs is 1. The number of anilines is 1. The number of aromatic carboxylic acids is 1. The molecule has 102 valence electrons. The molecule has 6 heteroatoms. The lowest BCUT2D eigenvalue weighted by atomic mass is 10.0. The Bertz CT molecular complexity index is 602. The summed E-state index contributed by atoms with van der Waals surface area (Å²) in [4.78, 5) is 15.1. The number of carbonyl (C=O) groups is 1. The van der Waals surface area contributed by atoms with Crippen LogP contribution in [0.4, 0.5) is 5.69 Å². The van der Waals surface area contributed by atoms with Crippen LogP contribution in [0.5, 0.6) is 0 Å². The van der Waals surface area contributed by atoms with Crippen LogP contribution in [-0.4, -0.2) is 27.8 Å². The number of aryl methyl sites for hydroxylation is 1. The number of aliphatic hydroxyl groups excluding tert-OH is 1. The minimum absolute atomic E-state index is 0. The van der Waals surface area contributed by atoms with Gasteiger partial charge in [-0.15, -0.1) is 12.4 Å². The number of nitrogens with two attached hydrogens (primary N) is 1. The molecule has 2 rings (SSSR count). The number of hydrogen-bond acceptors (Lipinski definition) is 4. The molecule has 0 saturated carbocycles. The van der Waals surface area contributed by atoms with Crippen molar-refractivity contribution < 1.29 is 15.0 Å². The molecule has 1 heterocycles. The maximum Gasteiger partial charge on any atom is 0.354 e. The van der Waals surface area contributed by atoms with E-state index in [1.807, 2.05) is 12.1 Å². The number of aliphatic hydroxyl groups is 1. The van der Waals surface area contributed by atoms with E-state index >= 15 is 0 Å². The number of nitrogens with zero attached hydrogens (tertiary/aromatic N) is 1. The fraction of sp³-hybridized carbons (Fsp3) is 0.231. The van der Waals surface area contributed by atoms with Crippen molar-refractivity contribution in [2.45, 2.75) is 12.8 Å². The summed E-state index contributed by atoms with van der Waals surface area (Å²) in [5.41, 5.74) is 7.61. The van der Waals surface area contributed by atoms with Crippen LogP contribution >= 0.6 is 12.4 Å². The van der Waals surface area contributed by atoms with Gasteiger partial charge in [-0.25, -0.2) is 9.78 Å². The Morgan fingerprint density at radius 2 is 2.11 bits per heavy atom. The summed E-state index contributed by atoms with van der Waals surface area (Å²) in [5.74, 6) is -1.08. The molecule has 0 spiro atoms. The molecule has 1 aromatic carbocycles. The van der Waals surface area contributed by atoms with Crippen molar-refractivity contribution in [2.75, 3.05) is 12.3 Å². The zero-order valence-corrected chi connectivity index (χ0v) is 11.0. The Kier molecular flexibility index (Phi) is 5.09. The summed E-state index contributed by atoms with van der Waals surface area (Å²) in [7, 11) is 0. The van der Waals surface area contributed by atoms with Crippen LogP contribution < -0.4 is 5.73 Å². The minimum atomic E-state index is -1.08. The van der Waals surface area contributed by atoms with Crippen molar-refractivity contribution in [3.63, 3.8) is 0 Å². The van der Waals surface area contributed by atoms with Crippen molar-refractivity contribution in [2.24, 2.45) is 0 Å². The van der Waals surface area contributed by atoms with Crippen LogP contribution in [0.15, 0.2) is 24.3 Å². The van der Waals surface area contributed by atoms with Gasteiger partial charge in [0.05, 0.1) is 11.2 Å². The normalized spacial score (nSPS) is 10.2. The van der Waals surface area contributed by atoms with E-state index in [9.17, 15) is 4.79 Å². The first kappa shape index (κ1) is 15.2. The lowest BCUT2D eigenvalue weighted by Crippen LogP contribution is -2.04. The molecule has 0 aliphatic carbocycles. The molecular formula is C13H15ClN2O3. The number of para-hydroxylation sites is 1. The van der Waals surface area contributed by atoms with Gasteiger partial charge in [0, 0.05) is 12.0 Å². The van der Waals surface area contributed by atoms with Gasteiger partial charge in [-0.05, 0) is 30.5 Å². The number of benzene rings is 1. The molecule has 0 bridgehead atoms. The average molecular weight is 283 g/mol. The van der Waals surface area contributed by atoms with E-state index < -0.39 is 5.97 Å². The van der Waals surface area contributed by atoms with Crippen LogP contribution in [0.2, 0.25) is 0 Å². The van der Waals surface area contributed by atoms with Gasteiger partial charge in [-0.3, -0.25) is 0 Å². The Morgan fingerprint density at radius 1 is 1.37 bits per heavy atom. The first-order valence-corrected chi connectivity index (χ1v) is 5.65. The number of pyridine rings is 1. The summed E-state index contributed by atoms with van der Waals surface area (Å²) >= 11 is 0. The fourth-order valence-corrected chi connectivity index (χ4v) is 1.93. The second kappa shape index (κ2) is 6.36. The third kappa shape index (κ3) is 3.13. The van der Waals surface area contributed by atoms with E-state index in [2.05, 4.69) is 4.98 Å². The summed E-state index contributed by atoms with van der Waals surface area (Å²) in [6.45, 7) is 0.0640. The quantitative estimate of drug-likeness (QED) is 0.744. The number of carboxylic acid groups (broad SMARTS) is 1. The van der Waals surface area contributed by atoms with E-state index in [1.54, 1.807) is 12.1 Å². The number of nitrogen functional groups attached to an aromatic ring is 1. The second-order valence-corrected chi connectivity index (χ2v) is 4.04. The monoisotopic (exact) mass is 282 g/mol. The summed E-state index contributed by atoms with van der Waals surface area (Å²) < 4.78 is 0. The summed E-state index contributed by atoms with van der Waals surface area (Å²) in [6.07, 6.45) is 1.17. The Balaban J connectivity index is 0.00000180. The van der Waals surface area contributed by atoms with Gasteiger partial charge in [0.15, 0.2) is 0 Å². The molecule has 2 aromatic rings. The molecule has 19 heavy (non-hydrogen) atoms. The van der Waals surface area contributed by atoms with Gasteiger partial charge < -0.3 is 15.9 Å². The van der Waals surface area contributed by atoms with Crippen LogP contribution in [-0.2, 0) is 6.42 Å². The molecule has 4 N–H and O–H groups in total. The Hall–Kier alpha value is -1.85. The van der Waals surface area contributed by atoms with E-state index in [0.29, 0.717) is 24.0 Å². The van der Waals surface area contributed by atoms with Crippen LogP contribution in [0.3, 0.4) is 0 Å². The third-order valence-electron chi connectivity index (χ3n) is 2.78. The molecule has 0 aliphatic heterocycles. The molecule has 0 unspecified atom stereocenters. The highest BCUT2D eigenvalue weighted by atomic mass is 35.5. The van der Waals surface area contributed by atoms with Crippen molar-refractivity contribution >= 4 is 35.0 Å². The summed E-state index contributed by atoms with van der Waals surface area (Å²) in [5, 5.41) is 18.7. The van der Waals surface area contributed by atoms with Crippen molar-refractivity contribution in [1.29, 1.82) is 0 Å². The van der Waals surface area contributed by atoms with Gasteiger partial charge in [0.2, 0.25) is 0 Å². The van der Waals surface area contributed by atoms with Gasteiger partial charge in [0.1, 0.15) is 5.69 Å². The topological polar surface area (TPSA) is 96.4 Å². The van der Waals surface area contributed by atoms with E-state index in [-0.39, 0.29) is 24.7 Å². The molecule has 0 saturated heterocycles. The lowest BCUT2D eigenvalue weighted by Gasteiger charge is -2.08. The maximum absolute atomic E-state index is 11.0. The maximum atomic E-state index is 11.0. The van der Waals surface area contributed by atoms with Gasteiger partial charge >= 0.3 is 5.97 Å². The molecule has 5 nitrogen and oxygen atoms in total. The van der Waals surface area contributed by atoms with Gasteiger partial charge in [-0.2, -0.15) is 0 Å². The highest BCUT2D eigenvalue weighted by molar-refractivity contribution is 5.96. The molecule has 0 amide bonds. The van der Waals surface area contributed by atoms with E-state index in [4.69, 9.17) is 15.9 Å². The first-order valence-electron chi connectivity index (χ1n) is 5.65. The van der Waals surface area contributed by atoms with Gasteiger partial charge in [0.25, 0.3) is 0 Å². The van der Waals surface area contributed by atoms with E-state index in [1.165, 1.54) is 0 Å². The minimum Gasteiger partial charge on any atom is -0.477 e. The molecule has 0 aliphatic rings. The SMILES string of the molecule is Cl.Nc1cccc2c(CCCO)cc(C(=O)O)nc12. The standard InChI is InChI=1S/C13H14N2O3.ClH/c14-10-5-1-4-9-8(3-2-6-16)7-11(13(17)18)15-12(9)10;/h1,4-5,7,16H,2-3,6,14H2,(H,17,18);1H. The highest BCUT2D eigenvalue weighted by Gasteiger charge is 2.12. The zero-order valence-electron chi connectivity index (χ0n) is 10.2. The molecule has 0 atom stereocenters. The number of halogens is 1. The lowest BCUT2D eigenvalue weighted by molar-refractivity contribution is 0.0691. The van der Waals surface area contributed by atoms with Crippen molar-refractivity contribution in [3.05, 3.63) is 35.5 Å². The second-order valence-electron chi connectivity index (χ2n) is 4.04. The zero-order chi connectivity index (χ0) is 13.1. The third-order valence-corrected chi connectivity index (χ3v) is 2.78. The number of rotatable bonds is 4. The van der Waals surface area contributed by atoms with E-state index in [0.717, 1.165) is 10.9 Å². The first-order chi connectivity index (χ1) is 8.63. The fourth-order valence-electron chi connectivity index (χ4n) is 1.93. The van der Waals surface area contributed by atoms with Crippen molar-refractivity contribution in [1.82, 2.24) is 4.98 Å². The number of aromatic nitrogens is 1. The smallest absolute Gasteiger partial charge is 0.354 e. The predicted molar refractivity (Wildman–Crippen MR) is 75.8 cm³/mol. The number of hydrogen-bond donors (Lipinski definition) is 3. The largest absolute Gasteiger partial charge is 0.477 e. The molecule has 1 aromatic heterocycles. The number of carboxylic acids is 1. The molecule has 0 radical (unpaired) electrons. The van der Waals surface area contributed by atoms with Crippen LogP contribution in [0.25, 0.3) is 10.9 Å². The van der Waals surface area contributed by atoms with Gasteiger partial charge in [-0.1, -0.05) is 12.1 Å². The Labute approximate surface area is 116 Å². The van der Waals surface area contributed by atoms with Crippen LogP contribution in [0, 0.1) is 0 Å². The molecular weight excluding hydrogens is 268 g/mol. The van der Waals surface area contributed by atoms with Crippen LogP contribution in [0.1, 0.15) is 22.5 Å². The Morgan fingerprint density at radius 3 is 2.74 bits per heavy atom. The highest BCUT2D eigenvalue weighted by Crippen LogP contribution is 2.24. The predicted octanol–water partition coefficient (Wildman–Crippen LogP) is 1.86. The molecule has 0 fully saturated rings. The van der Waals surface area contributed by atoms with Crippen molar-refractivity contribution in [3.8, 4) is 0 Å². The average Bonchev–Trinajstić information content (AvgIpc) is 2.36. The summed E-state index contributed by atoms with van der Waals surface area (Å²) in [6, 6.07) is 6.90.